The average Bonchev–Trinajstić information content (AvgIpc) is 2.83. The second-order valence-electron chi connectivity index (χ2n) is 5.25. The molecule has 0 aromatic carbocycles. The number of nitrogens with two attached hydrogens (primary N) is 1. The fourth-order valence-electron chi connectivity index (χ4n) is 2.78. The standard InChI is InChI=1S/C14H25N3/c15-14(17-13-8-4-5-9-13)16-11-10-12-6-2-1-3-7-12/h6,13H,1-5,7-11H2,(H3,15,16,17). The van der Waals surface area contributed by atoms with Crippen molar-refractivity contribution in [2.45, 2.75) is 63.8 Å². The lowest BCUT2D eigenvalue weighted by atomic mass is 9.97. The second-order valence-corrected chi connectivity index (χ2v) is 5.25. The Morgan fingerprint density at radius 2 is 2.12 bits per heavy atom. The van der Waals surface area contributed by atoms with E-state index in [-0.39, 0.29) is 0 Å². The molecule has 96 valence electrons. The first-order valence-electron chi connectivity index (χ1n) is 7.09. The van der Waals surface area contributed by atoms with Crippen molar-refractivity contribution in [2.24, 2.45) is 10.7 Å². The Bertz CT molecular complexity index is 288. The molecule has 3 N–H and O–H groups in total. The largest absolute Gasteiger partial charge is 0.370 e. The summed E-state index contributed by atoms with van der Waals surface area (Å²) in [6.07, 6.45) is 13.9. The molecule has 0 atom stereocenters. The molecule has 0 aromatic heterocycles. The van der Waals surface area contributed by atoms with Gasteiger partial charge in [0.05, 0.1) is 0 Å². The molecular formula is C14H25N3. The fourth-order valence-corrected chi connectivity index (χ4v) is 2.78. The van der Waals surface area contributed by atoms with Gasteiger partial charge in [0.25, 0.3) is 0 Å². The summed E-state index contributed by atoms with van der Waals surface area (Å²) in [7, 11) is 0. The lowest BCUT2D eigenvalue weighted by Crippen LogP contribution is -2.38. The highest BCUT2D eigenvalue weighted by Crippen LogP contribution is 2.20. The van der Waals surface area contributed by atoms with Crippen molar-refractivity contribution in [2.75, 3.05) is 6.54 Å². The Morgan fingerprint density at radius 1 is 1.29 bits per heavy atom. The van der Waals surface area contributed by atoms with Crippen molar-refractivity contribution < 1.29 is 0 Å². The van der Waals surface area contributed by atoms with E-state index >= 15 is 0 Å². The number of aliphatic imine (C=N–C) groups is 1. The summed E-state index contributed by atoms with van der Waals surface area (Å²) >= 11 is 0. The second kappa shape index (κ2) is 6.67. The smallest absolute Gasteiger partial charge is 0.188 e. The number of guanidine groups is 1. The summed E-state index contributed by atoms with van der Waals surface area (Å²) in [6.45, 7) is 0.845. The number of rotatable bonds is 4. The summed E-state index contributed by atoms with van der Waals surface area (Å²) in [5, 5.41) is 3.32. The predicted molar refractivity (Wildman–Crippen MR) is 73.0 cm³/mol. The van der Waals surface area contributed by atoms with Gasteiger partial charge in [0.15, 0.2) is 5.96 Å². The Hall–Kier alpha value is -0.990. The number of nitrogens with zero attached hydrogens (tertiary/aromatic N) is 1. The first kappa shape index (κ1) is 12.5. The van der Waals surface area contributed by atoms with Crippen LogP contribution in [-0.4, -0.2) is 18.5 Å². The van der Waals surface area contributed by atoms with Gasteiger partial charge < -0.3 is 11.1 Å². The van der Waals surface area contributed by atoms with E-state index in [0.717, 1.165) is 13.0 Å². The van der Waals surface area contributed by atoms with Crippen LogP contribution in [-0.2, 0) is 0 Å². The minimum atomic E-state index is 0.577. The average molecular weight is 235 g/mol. The van der Waals surface area contributed by atoms with Gasteiger partial charge in [-0.15, -0.1) is 0 Å². The molecule has 0 radical (unpaired) electrons. The zero-order valence-electron chi connectivity index (χ0n) is 10.8. The van der Waals surface area contributed by atoms with Crippen molar-refractivity contribution in [3.63, 3.8) is 0 Å². The third kappa shape index (κ3) is 4.41. The summed E-state index contributed by atoms with van der Waals surface area (Å²) in [5.41, 5.74) is 7.47. The topological polar surface area (TPSA) is 50.4 Å². The third-order valence-corrected chi connectivity index (χ3v) is 3.81. The molecule has 0 amide bonds. The van der Waals surface area contributed by atoms with E-state index in [9.17, 15) is 0 Å². The molecule has 0 saturated heterocycles. The van der Waals surface area contributed by atoms with Crippen LogP contribution in [0.5, 0.6) is 0 Å². The van der Waals surface area contributed by atoms with Gasteiger partial charge in [-0.05, 0) is 44.9 Å². The van der Waals surface area contributed by atoms with Crippen molar-refractivity contribution in [1.82, 2.24) is 5.32 Å². The molecule has 0 bridgehead atoms. The molecule has 2 aliphatic carbocycles. The first-order chi connectivity index (χ1) is 8.34. The minimum Gasteiger partial charge on any atom is -0.370 e. The molecule has 2 aliphatic rings. The lowest BCUT2D eigenvalue weighted by molar-refractivity contribution is 0.624. The Kier molecular flexibility index (Phi) is 4.89. The molecule has 3 heteroatoms. The van der Waals surface area contributed by atoms with E-state index in [0.29, 0.717) is 12.0 Å². The normalized spacial score (nSPS) is 22.6. The van der Waals surface area contributed by atoms with Crippen LogP contribution in [0, 0.1) is 0 Å². The van der Waals surface area contributed by atoms with Gasteiger partial charge in [-0.1, -0.05) is 24.5 Å². The molecule has 0 spiro atoms. The summed E-state index contributed by atoms with van der Waals surface area (Å²) in [6, 6.07) is 0.577. The van der Waals surface area contributed by atoms with Gasteiger partial charge in [0.1, 0.15) is 0 Å². The maximum Gasteiger partial charge on any atom is 0.188 e. The molecular weight excluding hydrogens is 210 g/mol. The van der Waals surface area contributed by atoms with Crippen molar-refractivity contribution in [1.29, 1.82) is 0 Å². The maximum absolute atomic E-state index is 5.89. The summed E-state index contributed by atoms with van der Waals surface area (Å²) in [4.78, 5) is 4.42. The van der Waals surface area contributed by atoms with E-state index in [1.54, 1.807) is 5.57 Å². The number of nitrogens with one attached hydrogen (secondary N) is 1. The van der Waals surface area contributed by atoms with Gasteiger partial charge in [0.2, 0.25) is 0 Å². The fraction of sp³-hybridized carbons (Fsp3) is 0.786. The quantitative estimate of drug-likeness (QED) is 0.447. The summed E-state index contributed by atoms with van der Waals surface area (Å²) < 4.78 is 0. The van der Waals surface area contributed by atoms with Crippen molar-refractivity contribution >= 4 is 5.96 Å². The van der Waals surface area contributed by atoms with Crippen molar-refractivity contribution in [3.05, 3.63) is 11.6 Å². The van der Waals surface area contributed by atoms with Crippen LogP contribution in [0.4, 0.5) is 0 Å². The van der Waals surface area contributed by atoms with Crippen LogP contribution in [0.25, 0.3) is 0 Å². The molecule has 0 heterocycles. The molecule has 17 heavy (non-hydrogen) atoms. The highest BCUT2D eigenvalue weighted by molar-refractivity contribution is 5.78. The molecule has 2 rings (SSSR count). The van der Waals surface area contributed by atoms with Crippen LogP contribution in [0.3, 0.4) is 0 Å². The number of allylic oxidation sites excluding steroid dienone is 1. The lowest BCUT2D eigenvalue weighted by Gasteiger charge is -2.13. The molecule has 0 aliphatic heterocycles. The Morgan fingerprint density at radius 3 is 2.82 bits per heavy atom. The van der Waals surface area contributed by atoms with E-state index in [2.05, 4.69) is 16.4 Å². The predicted octanol–water partition coefficient (Wildman–Crippen LogP) is 2.72. The maximum atomic E-state index is 5.89. The molecule has 3 nitrogen and oxygen atoms in total. The van der Waals surface area contributed by atoms with Crippen LogP contribution in [0.1, 0.15) is 57.8 Å². The van der Waals surface area contributed by atoms with Crippen LogP contribution in [0.2, 0.25) is 0 Å². The highest BCUT2D eigenvalue weighted by atomic mass is 15.1. The van der Waals surface area contributed by atoms with E-state index in [1.807, 2.05) is 0 Å². The Labute approximate surface area is 105 Å². The molecule has 0 aromatic rings. The van der Waals surface area contributed by atoms with Crippen molar-refractivity contribution in [3.8, 4) is 0 Å². The van der Waals surface area contributed by atoms with Gasteiger partial charge >= 0.3 is 0 Å². The molecule has 1 fully saturated rings. The van der Waals surface area contributed by atoms with Gasteiger partial charge in [-0.3, -0.25) is 4.99 Å². The number of hydrogen-bond acceptors (Lipinski definition) is 1. The SMILES string of the molecule is NC(=NCCC1=CCCCC1)NC1CCCC1. The van der Waals surface area contributed by atoms with Gasteiger partial charge in [-0.2, -0.15) is 0 Å². The summed E-state index contributed by atoms with van der Waals surface area (Å²) in [5.74, 6) is 0.647. The van der Waals surface area contributed by atoms with E-state index in [4.69, 9.17) is 5.73 Å². The zero-order valence-corrected chi connectivity index (χ0v) is 10.8. The van der Waals surface area contributed by atoms with Crippen LogP contribution >= 0.6 is 0 Å². The molecule has 1 saturated carbocycles. The highest BCUT2D eigenvalue weighted by Gasteiger charge is 2.14. The van der Waals surface area contributed by atoms with Crippen LogP contribution < -0.4 is 11.1 Å². The molecule has 0 unspecified atom stereocenters. The van der Waals surface area contributed by atoms with Gasteiger partial charge in [-0.25, -0.2) is 0 Å². The van der Waals surface area contributed by atoms with Crippen LogP contribution in [0.15, 0.2) is 16.6 Å². The number of hydrogen-bond donors (Lipinski definition) is 2. The Balaban J connectivity index is 1.66. The zero-order chi connectivity index (χ0) is 11.9. The van der Waals surface area contributed by atoms with Gasteiger partial charge in [0, 0.05) is 12.6 Å². The third-order valence-electron chi connectivity index (χ3n) is 3.81. The first-order valence-corrected chi connectivity index (χ1v) is 7.09. The minimum absolute atomic E-state index is 0.577. The monoisotopic (exact) mass is 235 g/mol. The van der Waals surface area contributed by atoms with E-state index < -0.39 is 0 Å². The van der Waals surface area contributed by atoms with E-state index in [1.165, 1.54) is 51.4 Å².